The molecule has 1 saturated heterocycles. The third-order valence-corrected chi connectivity index (χ3v) is 4.63. The lowest BCUT2D eigenvalue weighted by atomic mass is 9.97. The Labute approximate surface area is 131 Å². The third-order valence-electron chi connectivity index (χ3n) is 4.22. The minimum atomic E-state index is 0.425. The van der Waals surface area contributed by atoms with Gasteiger partial charge in [-0.15, -0.1) is 10.2 Å². The summed E-state index contributed by atoms with van der Waals surface area (Å²) in [7, 11) is 0. The normalized spacial score (nSPS) is 22.5. The SMILES string of the molecule is Brc1cnc(N2CCCC(c3nncn3C3CC3)C2)nc1. The molecule has 1 atom stereocenters. The van der Waals surface area contributed by atoms with Crippen molar-refractivity contribution in [2.45, 2.75) is 37.6 Å². The molecule has 1 aliphatic heterocycles. The Hall–Kier alpha value is -1.50. The molecule has 0 N–H and O–H groups in total. The van der Waals surface area contributed by atoms with Gasteiger partial charge in [0.05, 0.1) is 4.47 Å². The van der Waals surface area contributed by atoms with Crippen molar-refractivity contribution in [3.05, 3.63) is 29.0 Å². The smallest absolute Gasteiger partial charge is 0.225 e. The molecule has 0 amide bonds. The van der Waals surface area contributed by atoms with Crippen LogP contribution in [0.4, 0.5) is 5.95 Å². The Bertz CT molecular complexity index is 621. The average Bonchev–Trinajstić information content (AvgIpc) is 3.25. The monoisotopic (exact) mass is 348 g/mol. The summed E-state index contributed by atoms with van der Waals surface area (Å²) < 4.78 is 3.18. The van der Waals surface area contributed by atoms with Gasteiger partial charge in [0.15, 0.2) is 0 Å². The molecule has 0 bridgehead atoms. The number of anilines is 1. The molecule has 2 aromatic heterocycles. The van der Waals surface area contributed by atoms with E-state index < -0.39 is 0 Å². The van der Waals surface area contributed by atoms with Crippen LogP contribution < -0.4 is 4.90 Å². The zero-order valence-corrected chi connectivity index (χ0v) is 13.3. The van der Waals surface area contributed by atoms with Crippen LogP contribution in [-0.4, -0.2) is 37.8 Å². The summed E-state index contributed by atoms with van der Waals surface area (Å²) in [6.45, 7) is 1.93. The van der Waals surface area contributed by atoms with E-state index in [1.54, 1.807) is 12.4 Å². The topological polar surface area (TPSA) is 59.7 Å². The number of halogens is 1. The standard InChI is InChI=1S/C14H17BrN6/c15-11-6-16-14(17-7-11)20-5-1-2-10(8-20)13-19-18-9-21(13)12-3-4-12/h6-7,9-10,12H,1-5,8H2. The lowest BCUT2D eigenvalue weighted by Crippen LogP contribution is -2.36. The van der Waals surface area contributed by atoms with E-state index in [0.717, 1.165) is 35.8 Å². The maximum Gasteiger partial charge on any atom is 0.225 e. The number of nitrogens with zero attached hydrogens (tertiary/aromatic N) is 6. The highest BCUT2D eigenvalue weighted by Crippen LogP contribution is 2.38. The Morgan fingerprint density at radius 2 is 1.95 bits per heavy atom. The molecule has 4 rings (SSSR count). The molecule has 2 fully saturated rings. The van der Waals surface area contributed by atoms with E-state index in [2.05, 4.69) is 45.6 Å². The molecule has 21 heavy (non-hydrogen) atoms. The molecule has 3 heterocycles. The van der Waals surface area contributed by atoms with Gasteiger partial charge in [0.2, 0.25) is 5.95 Å². The van der Waals surface area contributed by atoms with E-state index in [9.17, 15) is 0 Å². The second-order valence-electron chi connectivity index (χ2n) is 5.81. The van der Waals surface area contributed by atoms with Crippen LogP contribution in [0.2, 0.25) is 0 Å². The fourth-order valence-electron chi connectivity index (χ4n) is 3.02. The molecule has 2 aliphatic rings. The number of piperidine rings is 1. The third kappa shape index (κ3) is 2.66. The average molecular weight is 349 g/mol. The lowest BCUT2D eigenvalue weighted by molar-refractivity contribution is 0.466. The molecule has 1 unspecified atom stereocenters. The Balaban J connectivity index is 1.54. The van der Waals surface area contributed by atoms with E-state index in [0.29, 0.717) is 12.0 Å². The molecular formula is C14H17BrN6. The van der Waals surface area contributed by atoms with Crippen LogP contribution in [0.1, 0.15) is 43.5 Å². The molecule has 2 aromatic rings. The van der Waals surface area contributed by atoms with Crippen LogP contribution in [0.15, 0.2) is 23.2 Å². The van der Waals surface area contributed by atoms with Crippen molar-refractivity contribution in [1.82, 2.24) is 24.7 Å². The Kier molecular flexibility index (Phi) is 3.37. The number of aromatic nitrogens is 5. The minimum absolute atomic E-state index is 0.425. The van der Waals surface area contributed by atoms with Gasteiger partial charge in [0, 0.05) is 37.4 Å². The summed E-state index contributed by atoms with van der Waals surface area (Å²) in [5, 5.41) is 8.51. The first-order valence-electron chi connectivity index (χ1n) is 7.43. The molecule has 1 aliphatic carbocycles. The maximum absolute atomic E-state index is 4.41. The summed E-state index contributed by atoms with van der Waals surface area (Å²) in [5.41, 5.74) is 0. The summed E-state index contributed by atoms with van der Waals surface area (Å²) in [5.74, 6) is 2.37. The van der Waals surface area contributed by atoms with Crippen LogP contribution in [0, 0.1) is 0 Å². The van der Waals surface area contributed by atoms with Crippen LogP contribution in [0.5, 0.6) is 0 Å². The fourth-order valence-corrected chi connectivity index (χ4v) is 3.22. The van der Waals surface area contributed by atoms with Crippen LogP contribution in [0.25, 0.3) is 0 Å². The van der Waals surface area contributed by atoms with Gasteiger partial charge in [-0.05, 0) is 41.6 Å². The highest BCUT2D eigenvalue weighted by Gasteiger charge is 2.31. The van der Waals surface area contributed by atoms with Gasteiger partial charge < -0.3 is 9.47 Å². The van der Waals surface area contributed by atoms with E-state index in [-0.39, 0.29) is 0 Å². The number of hydrogen-bond donors (Lipinski definition) is 0. The Morgan fingerprint density at radius 3 is 2.71 bits per heavy atom. The van der Waals surface area contributed by atoms with Crippen molar-refractivity contribution in [3.8, 4) is 0 Å². The summed E-state index contributed by atoms with van der Waals surface area (Å²) >= 11 is 3.38. The minimum Gasteiger partial charge on any atom is -0.340 e. The van der Waals surface area contributed by atoms with Gasteiger partial charge in [-0.2, -0.15) is 0 Å². The van der Waals surface area contributed by atoms with Gasteiger partial charge in [-0.3, -0.25) is 0 Å². The van der Waals surface area contributed by atoms with Crippen LogP contribution in [-0.2, 0) is 0 Å². The van der Waals surface area contributed by atoms with E-state index in [1.807, 2.05) is 6.33 Å². The highest BCUT2D eigenvalue weighted by atomic mass is 79.9. The van der Waals surface area contributed by atoms with Gasteiger partial charge in [-0.1, -0.05) is 0 Å². The van der Waals surface area contributed by atoms with Crippen molar-refractivity contribution in [2.75, 3.05) is 18.0 Å². The zero-order valence-electron chi connectivity index (χ0n) is 11.7. The summed E-state index contributed by atoms with van der Waals surface area (Å²) in [6, 6.07) is 0.634. The summed E-state index contributed by atoms with van der Waals surface area (Å²) in [4.78, 5) is 11.1. The maximum atomic E-state index is 4.41. The molecule has 0 radical (unpaired) electrons. The predicted molar refractivity (Wildman–Crippen MR) is 82.2 cm³/mol. The van der Waals surface area contributed by atoms with Gasteiger partial charge >= 0.3 is 0 Å². The Morgan fingerprint density at radius 1 is 1.14 bits per heavy atom. The van der Waals surface area contributed by atoms with Crippen LogP contribution in [0.3, 0.4) is 0 Å². The molecule has 0 spiro atoms. The quantitative estimate of drug-likeness (QED) is 0.852. The molecule has 0 aromatic carbocycles. The van der Waals surface area contributed by atoms with Gasteiger partial charge in [-0.25, -0.2) is 9.97 Å². The first kappa shape index (κ1) is 13.2. The van der Waals surface area contributed by atoms with Crippen molar-refractivity contribution in [2.24, 2.45) is 0 Å². The van der Waals surface area contributed by atoms with E-state index in [1.165, 1.54) is 19.3 Å². The first-order chi connectivity index (χ1) is 10.3. The first-order valence-corrected chi connectivity index (χ1v) is 8.22. The predicted octanol–water partition coefficient (Wildman–Crippen LogP) is 2.55. The van der Waals surface area contributed by atoms with E-state index in [4.69, 9.17) is 0 Å². The molecule has 110 valence electrons. The van der Waals surface area contributed by atoms with Crippen LogP contribution >= 0.6 is 15.9 Å². The molecular weight excluding hydrogens is 332 g/mol. The zero-order chi connectivity index (χ0) is 14.2. The van der Waals surface area contributed by atoms with Crippen molar-refractivity contribution < 1.29 is 0 Å². The number of hydrogen-bond acceptors (Lipinski definition) is 5. The second kappa shape index (κ2) is 5.36. The van der Waals surface area contributed by atoms with Crippen molar-refractivity contribution in [1.29, 1.82) is 0 Å². The second-order valence-corrected chi connectivity index (χ2v) is 6.73. The van der Waals surface area contributed by atoms with E-state index >= 15 is 0 Å². The summed E-state index contributed by atoms with van der Waals surface area (Å²) in [6.07, 6.45) is 10.3. The highest BCUT2D eigenvalue weighted by molar-refractivity contribution is 9.10. The number of rotatable bonds is 3. The molecule has 1 saturated carbocycles. The molecule has 6 nitrogen and oxygen atoms in total. The van der Waals surface area contributed by atoms with Crippen molar-refractivity contribution in [3.63, 3.8) is 0 Å². The largest absolute Gasteiger partial charge is 0.340 e. The van der Waals surface area contributed by atoms with Gasteiger partial charge in [0.1, 0.15) is 12.2 Å². The van der Waals surface area contributed by atoms with Gasteiger partial charge in [0.25, 0.3) is 0 Å². The lowest BCUT2D eigenvalue weighted by Gasteiger charge is -2.32. The molecule has 7 heteroatoms. The van der Waals surface area contributed by atoms with Crippen molar-refractivity contribution >= 4 is 21.9 Å². The fraction of sp³-hybridized carbons (Fsp3) is 0.571.